The highest BCUT2D eigenvalue weighted by atomic mass is 16.6. The van der Waals surface area contributed by atoms with Gasteiger partial charge in [-0.3, -0.25) is 9.97 Å². The van der Waals surface area contributed by atoms with E-state index in [0.29, 0.717) is 51.5 Å². The minimum Gasteiger partial charge on any atom is -0.506 e. The summed E-state index contributed by atoms with van der Waals surface area (Å²) in [6.07, 6.45) is 9.16. The fraction of sp³-hybridized carbons (Fsp3) is 0.364. The van der Waals surface area contributed by atoms with E-state index in [4.69, 9.17) is 20.2 Å². The van der Waals surface area contributed by atoms with Gasteiger partial charge in [0.2, 0.25) is 0 Å². The Morgan fingerprint density at radius 1 is 0.643 bits per heavy atom. The van der Waals surface area contributed by atoms with Crippen molar-refractivity contribution >= 4 is 29.0 Å². The van der Waals surface area contributed by atoms with Crippen LogP contribution in [0.3, 0.4) is 0 Å². The Morgan fingerprint density at radius 3 is 1.68 bits per heavy atom. The van der Waals surface area contributed by atoms with Gasteiger partial charge in [-0.25, -0.2) is 9.59 Å². The summed E-state index contributed by atoms with van der Waals surface area (Å²) in [5, 5.41) is 30.6. The number of nitrogens with zero attached hydrogens (tertiary/aromatic N) is 4. The van der Waals surface area contributed by atoms with Crippen LogP contribution in [0.4, 0.5) is 15.3 Å². The molecule has 5 N–H and O–H groups in total. The molecule has 0 unspecified atom stereocenters. The summed E-state index contributed by atoms with van der Waals surface area (Å²) in [7, 11) is 0. The first kappa shape index (κ1) is 38.2. The number of amides is 2. The summed E-state index contributed by atoms with van der Waals surface area (Å²) < 4.78 is 10.3. The SMILES string of the molecule is CCOC(=O)N1CCC(=C2c3cc(N)c(O)cc3CCc3cccnc32)CC1.CCOC(=O)N1CCC(=C2c3ccc(O)c(O)c3CCc3cccnc32)CC1. The minimum atomic E-state index is -0.270. The third-order valence-electron chi connectivity index (χ3n) is 11.1. The molecule has 0 radical (unpaired) electrons. The minimum absolute atomic E-state index is 0.0487. The molecule has 292 valence electrons. The molecule has 2 aliphatic carbocycles. The molecule has 2 fully saturated rings. The highest BCUT2D eigenvalue weighted by Crippen LogP contribution is 2.44. The second-order valence-electron chi connectivity index (χ2n) is 14.4. The summed E-state index contributed by atoms with van der Waals surface area (Å²) in [5.74, 6) is -0.0225. The van der Waals surface area contributed by atoms with Gasteiger partial charge < -0.3 is 40.3 Å². The molecule has 0 spiro atoms. The largest absolute Gasteiger partial charge is 0.506 e. The van der Waals surface area contributed by atoms with E-state index in [0.717, 1.165) is 95.3 Å². The highest BCUT2D eigenvalue weighted by Gasteiger charge is 2.30. The van der Waals surface area contributed by atoms with Crippen LogP contribution >= 0.6 is 0 Å². The van der Waals surface area contributed by atoms with Crippen LogP contribution in [0.5, 0.6) is 17.2 Å². The van der Waals surface area contributed by atoms with Crippen molar-refractivity contribution in [3.63, 3.8) is 0 Å². The van der Waals surface area contributed by atoms with Crippen molar-refractivity contribution in [2.75, 3.05) is 45.1 Å². The summed E-state index contributed by atoms with van der Waals surface area (Å²) in [6, 6.07) is 15.1. The Balaban J connectivity index is 0.000000172. The number of aromatic nitrogens is 2. The maximum absolute atomic E-state index is 12.0. The zero-order valence-corrected chi connectivity index (χ0v) is 32.0. The predicted molar refractivity (Wildman–Crippen MR) is 213 cm³/mol. The lowest BCUT2D eigenvalue weighted by molar-refractivity contribution is 0.103. The Hall–Kier alpha value is -6.04. The van der Waals surface area contributed by atoms with Gasteiger partial charge >= 0.3 is 12.2 Å². The Morgan fingerprint density at radius 2 is 1.14 bits per heavy atom. The van der Waals surface area contributed by atoms with Gasteiger partial charge in [-0.15, -0.1) is 0 Å². The molecule has 4 heterocycles. The first-order valence-electron chi connectivity index (χ1n) is 19.5. The lowest BCUT2D eigenvalue weighted by atomic mass is 9.88. The van der Waals surface area contributed by atoms with Crippen molar-refractivity contribution in [2.24, 2.45) is 0 Å². The lowest BCUT2D eigenvalue weighted by Crippen LogP contribution is -2.37. The zero-order chi connectivity index (χ0) is 39.3. The summed E-state index contributed by atoms with van der Waals surface area (Å²) in [4.78, 5) is 36.9. The number of phenols is 3. The average molecular weight is 760 g/mol. The van der Waals surface area contributed by atoms with Crippen LogP contribution < -0.4 is 5.73 Å². The van der Waals surface area contributed by atoms with E-state index < -0.39 is 0 Å². The van der Waals surface area contributed by atoms with Crippen LogP contribution in [-0.4, -0.2) is 86.7 Å². The number of carbonyl (C=O) groups is 2. The molecular formula is C44H49N5O7. The van der Waals surface area contributed by atoms with Crippen molar-refractivity contribution in [1.29, 1.82) is 0 Å². The van der Waals surface area contributed by atoms with Gasteiger partial charge in [0.25, 0.3) is 0 Å². The van der Waals surface area contributed by atoms with Gasteiger partial charge in [-0.2, -0.15) is 0 Å². The van der Waals surface area contributed by atoms with Gasteiger partial charge in [-0.05, 0) is 123 Å². The number of ether oxygens (including phenoxy) is 2. The number of piperidine rings is 2. The van der Waals surface area contributed by atoms with Gasteiger partial charge in [0.05, 0.1) is 30.3 Å². The molecule has 2 aromatic carbocycles. The van der Waals surface area contributed by atoms with Crippen molar-refractivity contribution < 1.29 is 34.4 Å². The maximum atomic E-state index is 12.0. The summed E-state index contributed by atoms with van der Waals surface area (Å²) in [6.45, 7) is 6.83. The van der Waals surface area contributed by atoms with Gasteiger partial charge in [0.1, 0.15) is 5.75 Å². The van der Waals surface area contributed by atoms with Crippen LogP contribution in [0, 0.1) is 0 Å². The van der Waals surface area contributed by atoms with E-state index >= 15 is 0 Å². The first-order valence-corrected chi connectivity index (χ1v) is 19.5. The molecule has 0 saturated carbocycles. The number of carbonyl (C=O) groups excluding carboxylic acids is 2. The molecule has 4 aliphatic rings. The number of aromatic hydroxyl groups is 3. The molecule has 0 bridgehead atoms. The molecule has 2 saturated heterocycles. The molecular weight excluding hydrogens is 711 g/mol. The van der Waals surface area contributed by atoms with E-state index in [1.54, 1.807) is 22.1 Å². The topological polar surface area (TPSA) is 172 Å². The number of nitrogens with two attached hydrogens (primary N) is 1. The highest BCUT2D eigenvalue weighted by molar-refractivity contribution is 5.87. The Bertz CT molecular complexity index is 2130. The number of likely N-dealkylation sites (tertiary alicyclic amines) is 2. The third-order valence-corrected chi connectivity index (χ3v) is 11.1. The number of aryl methyl sites for hydroxylation is 3. The van der Waals surface area contributed by atoms with Crippen LogP contribution in [0.25, 0.3) is 11.1 Å². The van der Waals surface area contributed by atoms with Gasteiger partial charge in [-0.1, -0.05) is 29.3 Å². The van der Waals surface area contributed by atoms with Crippen LogP contribution in [0.2, 0.25) is 0 Å². The van der Waals surface area contributed by atoms with E-state index in [-0.39, 0.29) is 29.4 Å². The predicted octanol–water partition coefficient (Wildman–Crippen LogP) is 7.17. The smallest absolute Gasteiger partial charge is 0.409 e. The monoisotopic (exact) mass is 759 g/mol. The number of hydrogen-bond donors (Lipinski definition) is 4. The van der Waals surface area contributed by atoms with E-state index in [2.05, 4.69) is 17.1 Å². The quantitative estimate of drug-likeness (QED) is 0.121. The molecule has 4 aromatic rings. The van der Waals surface area contributed by atoms with Crippen LogP contribution in [-0.2, 0) is 35.2 Å². The maximum Gasteiger partial charge on any atom is 0.409 e. The Kier molecular flexibility index (Phi) is 11.4. The number of rotatable bonds is 2. The molecule has 0 atom stereocenters. The third kappa shape index (κ3) is 7.73. The van der Waals surface area contributed by atoms with Crippen molar-refractivity contribution in [2.45, 2.75) is 65.2 Å². The second kappa shape index (κ2) is 16.8. The van der Waals surface area contributed by atoms with E-state index in [1.807, 2.05) is 44.3 Å². The molecule has 2 aliphatic heterocycles. The number of phenolic OH excluding ortho intramolecular Hbond substituents is 3. The van der Waals surface area contributed by atoms with Crippen LogP contribution in [0.1, 0.15) is 84.3 Å². The summed E-state index contributed by atoms with van der Waals surface area (Å²) in [5.41, 5.74) is 19.1. The Labute approximate surface area is 326 Å². The number of pyridine rings is 2. The fourth-order valence-electron chi connectivity index (χ4n) is 8.28. The molecule has 2 amide bonds. The lowest BCUT2D eigenvalue weighted by Gasteiger charge is -2.29. The molecule has 12 nitrogen and oxygen atoms in total. The molecule has 56 heavy (non-hydrogen) atoms. The van der Waals surface area contributed by atoms with Gasteiger partial charge in [0.15, 0.2) is 11.5 Å². The van der Waals surface area contributed by atoms with E-state index in [1.165, 1.54) is 22.8 Å². The molecule has 2 aromatic heterocycles. The standard InChI is InChI=1S/C22H25N3O3.C22H24N2O4/c1-2-28-22(27)25-10-7-14(8-11-25)20-17-13-18(23)19(26)12-16(17)6-5-15-4-3-9-24-21(15)20;1-2-28-22(27)24-12-9-14(10-13-24)19-16-7-8-18(25)21(26)17(16)6-5-15-4-3-11-23-20(15)19/h3-4,9,12-13,26H,2,5-8,10-11,23H2,1H3;3-4,7-8,11,25-26H,2,5-6,9-10,12-13H2,1H3. The van der Waals surface area contributed by atoms with E-state index in [9.17, 15) is 24.9 Å². The average Bonchev–Trinajstić information content (AvgIpc) is 3.48. The van der Waals surface area contributed by atoms with Crippen molar-refractivity contribution in [3.05, 3.63) is 117 Å². The van der Waals surface area contributed by atoms with Crippen molar-refractivity contribution in [3.8, 4) is 17.2 Å². The number of anilines is 1. The number of nitrogen functional groups attached to an aromatic ring is 1. The first-order chi connectivity index (χ1) is 27.2. The van der Waals surface area contributed by atoms with Crippen molar-refractivity contribution in [1.82, 2.24) is 19.8 Å². The number of hydrogen-bond acceptors (Lipinski definition) is 10. The second-order valence-corrected chi connectivity index (χ2v) is 14.4. The molecule has 8 rings (SSSR count). The summed E-state index contributed by atoms with van der Waals surface area (Å²) >= 11 is 0. The number of benzene rings is 2. The number of fused-ring (bicyclic) bond motifs is 4. The normalized spacial score (nSPS) is 16.2. The zero-order valence-electron chi connectivity index (χ0n) is 32.0. The fourth-order valence-corrected chi connectivity index (χ4v) is 8.28. The molecule has 12 heteroatoms. The van der Waals surface area contributed by atoms with Crippen LogP contribution in [0.15, 0.2) is 72.1 Å². The van der Waals surface area contributed by atoms with Gasteiger partial charge in [0, 0.05) is 55.3 Å².